The molecule has 0 saturated carbocycles. The third kappa shape index (κ3) is 1.91. The smallest absolute Gasteiger partial charge is 0.267 e. The highest BCUT2D eigenvalue weighted by atomic mass is 32.2. The predicted molar refractivity (Wildman–Crippen MR) is 44.9 cm³/mol. The van der Waals surface area contributed by atoms with Crippen molar-refractivity contribution in [3.63, 3.8) is 0 Å². The first-order valence-electron chi connectivity index (χ1n) is 3.23. The molecular formula is C6H9N3O2S. The number of primary amides is 1. The van der Waals surface area contributed by atoms with E-state index in [1.54, 1.807) is 6.26 Å². The molecule has 66 valence electrons. The van der Waals surface area contributed by atoms with E-state index in [4.69, 9.17) is 5.73 Å². The molecule has 5 nitrogen and oxygen atoms in total. The maximum absolute atomic E-state index is 10.8. The Morgan fingerprint density at radius 1 is 1.83 bits per heavy atom. The van der Waals surface area contributed by atoms with Crippen molar-refractivity contribution >= 4 is 16.7 Å². The maximum Gasteiger partial charge on any atom is 0.267 e. The summed E-state index contributed by atoms with van der Waals surface area (Å²) in [7, 11) is -0.990. The van der Waals surface area contributed by atoms with Crippen molar-refractivity contribution in [2.45, 2.75) is 5.75 Å². The van der Waals surface area contributed by atoms with E-state index in [2.05, 4.69) is 10.2 Å². The number of amides is 1. The van der Waals surface area contributed by atoms with Crippen LogP contribution in [0.5, 0.6) is 0 Å². The molecule has 1 aromatic heterocycles. The third-order valence-corrected chi connectivity index (χ3v) is 2.04. The van der Waals surface area contributed by atoms with Gasteiger partial charge < -0.3 is 5.73 Å². The summed E-state index contributed by atoms with van der Waals surface area (Å²) in [4.78, 5) is 10.7. The van der Waals surface area contributed by atoms with Crippen LogP contribution in [0.3, 0.4) is 0 Å². The number of hydrogen-bond acceptors (Lipinski definition) is 3. The van der Waals surface area contributed by atoms with Crippen LogP contribution in [0.25, 0.3) is 0 Å². The predicted octanol–water partition coefficient (Wildman–Crippen LogP) is -0.613. The van der Waals surface area contributed by atoms with E-state index in [0.29, 0.717) is 11.3 Å². The molecule has 1 unspecified atom stereocenters. The Bertz CT molecular complexity index is 320. The van der Waals surface area contributed by atoms with E-state index in [1.807, 2.05) is 0 Å². The monoisotopic (exact) mass is 187 g/mol. The normalized spacial score (nSPS) is 12.8. The molecule has 1 rings (SSSR count). The lowest BCUT2D eigenvalue weighted by molar-refractivity contribution is 0.0995. The average molecular weight is 187 g/mol. The van der Waals surface area contributed by atoms with Crippen LogP contribution in [0.2, 0.25) is 0 Å². The van der Waals surface area contributed by atoms with Gasteiger partial charge >= 0.3 is 0 Å². The SMILES string of the molecule is CS(=O)Cc1cn[nH]c1C(N)=O. The Labute approximate surface area is 71.8 Å². The maximum atomic E-state index is 10.8. The lowest BCUT2D eigenvalue weighted by Crippen LogP contribution is -2.14. The highest BCUT2D eigenvalue weighted by Crippen LogP contribution is 2.05. The van der Waals surface area contributed by atoms with Crippen LogP contribution in [0.15, 0.2) is 6.20 Å². The lowest BCUT2D eigenvalue weighted by atomic mass is 10.3. The number of aromatic nitrogens is 2. The number of aromatic amines is 1. The molecule has 0 aliphatic rings. The summed E-state index contributed by atoms with van der Waals surface area (Å²) in [6, 6.07) is 0. The summed E-state index contributed by atoms with van der Waals surface area (Å²) < 4.78 is 10.8. The molecule has 1 atom stereocenters. The topological polar surface area (TPSA) is 88.8 Å². The molecule has 0 aliphatic heterocycles. The van der Waals surface area contributed by atoms with E-state index in [9.17, 15) is 9.00 Å². The molecule has 1 heterocycles. The summed E-state index contributed by atoms with van der Waals surface area (Å²) in [5, 5.41) is 6.09. The Morgan fingerprint density at radius 3 is 3.00 bits per heavy atom. The number of nitrogens with zero attached hydrogens (tertiary/aromatic N) is 1. The molecule has 0 bridgehead atoms. The summed E-state index contributed by atoms with van der Waals surface area (Å²) in [6.45, 7) is 0. The zero-order valence-electron chi connectivity index (χ0n) is 6.53. The van der Waals surface area contributed by atoms with Gasteiger partial charge in [0.1, 0.15) is 5.69 Å². The molecule has 1 aromatic rings. The van der Waals surface area contributed by atoms with Gasteiger partial charge in [0.15, 0.2) is 0 Å². The fourth-order valence-corrected chi connectivity index (χ4v) is 1.51. The first kappa shape index (κ1) is 8.92. The van der Waals surface area contributed by atoms with Crippen LogP contribution in [-0.2, 0) is 16.6 Å². The number of hydrogen-bond donors (Lipinski definition) is 2. The number of nitrogens with two attached hydrogens (primary N) is 1. The lowest BCUT2D eigenvalue weighted by Gasteiger charge is -1.94. The molecule has 12 heavy (non-hydrogen) atoms. The van der Waals surface area contributed by atoms with Gasteiger partial charge in [0.2, 0.25) is 0 Å². The highest BCUT2D eigenvalue weighted by Gasteiger charge is 2.10. The van der Waals surface area contributed by atoms with Crippen molar-refractivity contribution in [1.82, 2.24) is 10.2 Å². The molecule has 0 aliphatic carbocycles. The number of carbonyl (C=O) groups excluding carboxylic acids is 1. The standard InChI is InChI=1S/C6H9N3O2S/c1-12(11)3-4-2-8-9-5(4)6(7)10/h2H,3H2,1H3,(H2,7,10)(H,8,9). The second-order valence-electron chi connectivity index (χ2n) is 2.35. The zero-order valence-corrected chi connectivity index (χ0v) is 7.35. The fraction of sp³-hybridized carbons (Fsp3) is 0.333. The van der Waals surface area contributed by atoms with E-state index in [-0.39, 0.29) is 5.69 Å². The van der Waals surface area contributed by atoms with Crippen molar-refractivity contribution < 1.29 is 9.00 Å². The van der Waals surface area contributed by atoms with Gasteiger partial charge in [-0.3, -0.25) is 14.1 Å². The molecular weight excluding hydrogens is 178 g/mol. The van der Waals surface area contributed by atoms with Crippen molar-refractivity contribution in [2.75, 3.05) is 6.26 Å². The van der Waals surface area contributed by atoms with Gasteiger partial charge in [0.05, 0.1) is 11.9 Å². The van der Waals surface area contributed by atoms with E-state index < -0.39 is 16.7 Å². The zero-order chi connectivity index (χ0) is 9.14. The van der Waals surface area contributed by atoms with E-state index in [0.717, 1.165) is 0 Å². The Balaban J connectivity index is 2.91. The van der Waals surface area contributed by atoms with Crippen molar-refractivity contribution in [3.8, 4) is 0 Å². The Hall–Kier alpha value is -1.17. The number of nitrogens with one attached hydrogen (secondary N) is 1. The molecule has 1 amide bonds. The minimum atomic E-state index is -0.990. The quantitative estimate of drug-likeness (QED) is 0.661. The second kappa shape index (κ2) is 3.48. The van der Waals surface area contributed by atoms with Crippen LogP contribution in [0, 0.1) is 0 Å². The molecule has 0 saturated heterocycles. The summed E-state index contributed by atoms with van der Waals surface area (Å²) in [5.41, 5.74) is 5.87. The molecule has 3 N–H and O–H groups in total. The number of H-pyrrole nitrogens is 1. The van der Waals surface area contributed by atoms with Gasteiger partial charge in [-0.25, -0.2) is 0 Å². The minimum Gasteiger partial charge on any atom is -0.364 e. The van der Waals surface area contributed by atoms with Gasteiger partial charge in [0, 0.05) is 22.6 Å². The van der Waals surface area contributed by atoms with Gasteiger partial charge in [-0.2, -0.15) is 5.10 Å². The van der Waals surface area contributed by atoms with Crippen molar-refractivity contribution in [1.29, 1.82) is 0 Å². The minimum absolute atomic E-state index is 0.241. The molecule has 0 fully saturated rings. The summed E-state index contributed by atoms with van der Waals surface area (Å²) in [6.07, 6.45) is 3.01. The van der Waals surface area contributed by atoms with Gasteiger partial charge in [0.25, 0.3) is 5.91 Å². The largest absolute Gasteiger partial charge is 0.364 e. The summed E-state index contributed by atoms with van der Waals surface area (Å²) >= 11 is 0. The second-order valence-corrected chi connectivity index (χ2v) is 3.79. The number of rotatable bonds is 3. The molecule has 0 aromatic carbocycles. The van der Waals surface area contributed by atoms with Crippen molar-refractivity contribution in [3.05, 3.63) is 17.5 Å². The highest BCUT2D eigenvalue weighted by molar-refractivity contribution is 7.83. The molecule has 0 radical (unpaired) electrons. The van der Waals surface area contributed by atoms with Gasteiger partial charge in [-0.1, -0.05) is 0 Å². The van der Waals surface area contributed by atoms with Crippen LogP contribution >= 0.6 is 0 Å². The first-order valence-corrected chi connectivity index (χ1v) is 4.96. The van der Waals surface area contributed by atoms with E-state index >= 15 is 0 Å². The fourth-order valence-electron chi connectivity index (χ4n) is 0.853. The van der Waals surface area contributed by atoms with Crippen LogP contribution in [-0.4, -0.2) is 26.6 Å². The van der Waals surface area contributed by atoms with Gasteiger partial charge in [-0.15, -0.1) is 0 Å². The molecule has 0 spiro atoms. The third-order valence-electron chi connectivity index (χ3n) is 1.32. The Kier molecular flexibility index (Phi) is 2.59. The summed E-state index contributed by atoms with van der Waals surface area (Å²) in [5.74, 6) is -0.276. The number of carbonyl (C=O) groups is 1. The average Bonchev–Trinajstić information content (AvgIpc) is 2.33. The van der Waals surface area contributed by atoms with Crippen LogP contribution in [0.4, 0.5) is 0 Å². The van der Waals surface area contributed by atoms with Crippen LogP contribution in [0.1, 0.15) is 16.1 Å². The van der Waals surface area contributed by atoms with Crippen LogP contribution < -0.4 is 5.73 Å². The first-order chi connectivity index (χ1) is 5.61. The van der Waals surface area contributed by atoms with Crippen molar-refractivity contribution in [2.24, 2.45) is 5.73 Å². The van der Waals surface area contributed by atoms with E-state index in [1.165, 1.54) is 6.20 Å². The molecule has 6 heteroatoms. The van der Waals surface area contributed by atoms with Gasteiger partial charge in [-0.05, 0) is 0 Å². The Morgan fingerprint density at radius 2 is 2.50 bits per heavy atom.